The van der Waals surface area contributed by atoms with Crippen molar-refractivity contribution in [1.29, 1.82) is 0 Å². The van der Waals surface area contributed by atoms with Gasteiger partial charge in [-0.3, -0.25) is 14.2 Å². The third-order valence-corrected chi connectivity index (χ3v) is 14.2. The molecule has 0 saturated heterocycles. The highest BCUT2D eigenvalue weighted by molar-refractivity contribution is 7.45. The van der Waals surface area contributed by atoms with Crippen LogP contribution in [0.5, 0.6) is 0 Å². The molecule has 0 aromatic rings. The first kappa shape index (κ1) is 67.5. The number of allylic oxidation sites excluding steroid dienone is 4. The average molecular weight is 997 g/mol. The molecule has 408 valence electrons. The van der Waals surface area contributed by atoms with Crippen LogP contribution in [-0.2, 0) is 32.7 Å². The summed E-state index contributed by atoms with van der Waals surface area (Å²) in [6, 6.07) is 0. The minimum absolute atomic E-state index is 0.0302. The maximum atomic E-state index is 12.8. The molecular weight excluding hydrogens is 882 g/mol. The van der Waals surface area contributed by atoms with Crippen molar-refractivity contribution < 1.29 is 42.1 Å². The van der Waals surface area contributed by atoms with Gasteiger partial charge in [-0.05, 0) is 44.9 Å². The lowest BCUT2D eigenvalue weighted by Crippen LogP contribution is -2.37. The number of carbonyl (C=O) groups excluding carboxylic acids is 2. The van der Waals surface area contributed by atoms with E-state index in [2.05, 4.69) is 38.2 Å². The molecule has 0 radical (unpaired) electrons. The zero-order valence-corrected chi connectivity index (χ0v) is 47.2. The Kier molecular flexibility index (Phi) is 50.3. The Hall–Kier alpha value is -1.51. The third-order valence-electron chi connectivity index (χ3n) is 13.2. The zero-order valence-electron chi connectivity index (χ0n) is 46.3. The van der Waals surface area contributed by atoms with Crippen LogP contribution in [0.15, 0.2) is 24.3 Å². The van der Waals surface area contributed by atoms with E-state index in [0.717, 1.165) is 51.4 Å². The van der Waals surface area contributed by atoms with E-state index in [4.69, 9.17) is 18.5 Å². The molecule has 0 aliphatic carbocycles. The summed E-state index contributed by atoms with van der Waals surface area (Å²) in [5.41, 5.74) is 0. The van der Waals surface area contributed by atoms with Crippen LogP contribution in [0.25, 0.3) is 0 Å². The number of phosphoric acid groups is 1. The molecule has 0 fully saturated rings. The van der Waals surface area contributed by atoms with Gasteiger partial charge in [0.15, 0.2) is 6.10 Å². The summed E-state index contributed by atoms with van der Waals surface area (Å²) in [6.45, 7) is 4.26. The average Bonchev–Trinajstić information content (AvgIpc) is 3.31. The second-order valence-corrected chi connectivity index (χ2v) is 22.8. The van der Waals surface area contributed by atoms with Crippen molar-refractivity contribution in [2.75, 3.05) is 47.5 Å². The lowest BCUT2D eigenvalue weighted by molar-refractivity contribution is -0.870. The number of rotatable bonds is 55. The monoisotopic (exact) mass is 996 g/mol. The highest BCUT2D eigenvalue weighted by Gasteiger charge is 2.22. The van der Waals surface area contributed by atoms with Crippen molar-refractivity contribution in [3.63, 3.8) is 0 Å². The highest BCUT2D eigenvalue weighted by atomic mass is 31.2. The van der Waals surface area contributed by atoms with E-state index in [0.29, 0.717) is 17.4 Å². The van der Waals surface area contributed by atoms with Crippen molar-refractivity contribution in [2.24, 2.45) is 0 Å². The molecule has 0 aromatic heterocycles. The second kappa shape index (κ2) is 51.4. The quantitative estimate of drug-likeness (QED) is 0.0195. The van der Waals surface area contributed by atoms with E-state index in [1.54, 1.807) is 0 Å². The van der Waals surface area contributed by atoms with Crippen molar-refractivity contribution in [3.8, 4) is 0 Å². The smallest absolute Gasteiger partial charge is 0.306 e. The maximum absolute atomic E-state index is 12.8. The summed E-state index contributed by atoms with van der Waals surface area (Å²) in [7, 11) is 1.17. The van der Waals surface area contributed by atoms with Gasteiger partial charge >= 0.3 is 11.9 Å². The van der Waals surface area contributed by atoms with Crippen LogP contribution < -0.4 is 4.89 Å². The largest absolute Gasteiger partial charge is 0.756 e. The van der Waals surface area contributed by atoms with Gasteiger partial charge in [0.2, 0.25) is 0 Å². The molecule has 0 spiro atoms. The van der Waals surface area contributed by atoms with Crippen molar-refractivity contribution in [3.05, 3.63) is 24.3 Å². The van der Waals surface area contributed by atoms with Crippen molar-refractivity contribution in [2.45, 2.75) is 296 Å². The lowest BCUT2D eigenvalue weighted by atomic mass is 10.0. The number of esters is 2. The molecule has 0 saturated carbocycles. The van der Waals surface area contributed by atoms with Gasteiger partial charge in [0.05, 0.1) is 27.7 Å². The molecule has 0 bridgehead atoms. The highest BCUT2D eigenvalue weighted by Crippen LogP contribution is 2.38. The molecule has 2 atom stereocenters. The van der Waals surface area contributed by atoms with Crippen LogP contribution in [0.1, 0.15) is 290 Å². The fourth-order valence-electron chi connectivity index (χ4n) is 8.63. The van der Waals surface area contributed by atoms with E-state index in [1.807, 2.05) is 21.1 Å². The fraction of sp³-hybridized carbons (Fsp3) is 0.898. The molecule has 0 aliphatic heterocycles. The zero-order chi connectivity index (χ0) is 50.6. The molecule has 0 aliphatic rings. The van der Waals surface area contributed by atoms with Crippen LogP contribution in [0.2, 0.25) is 0 Å². The van der Waals surface area contributed by atoms with Gasteiger partial charge in [0, 0.05) is 12.8 Å². The SMILES string of the molecule is CCCCCC/C=C\C/C=C\CCCCCCCCCC(=O)OC(COC(=O)CCCCCCCCCCCCCCCCCCCCCCCCCCCCC)COP(=O)([O-])OCC[N+](C)(C)C. The summed E-state index contributed by atoms with van der Waals surface area (Å²) in [5, 5.41) is 0. The van der Waals surface area contributed by atoms with E-state index in [9.17, 15) is 19.0 Å². The molecule has 0 aromatic carbocycles. The van der Waals surface area contributed by atoms with E-state index < -0.39 is 26.5 Å². The Balaban J connectivity index is 4.08. The Labute approximate surface area is 428 Å². The molecule has 9 nitrogen and oxygen atoms in total. The Morgan fingerprint density at radius 2 is 0.783 bits per heavy atom. The van der Waals surface area contributed by atoms with E-state index in [1.165, 1.54) is 205 Å². The number of phosphoric ester groups is 1. The number of ether oxygens (including phenoxy) is 2. The van der Waals surface area contributed by atoms with Gasteiger partial charge in [-0.2, -0.15) is 0 Å². The fourth-order valence-corrected chi connectivity index (χ4v) is 9.36. The number of unbranched alkanes of at least 4 members (excludes halogenated alkanes) is 37. The summed E-state index contributed by atoms with van der Waals surface area (Å²) in [6.07, 6.45) is 60.9. The van der Waals surface area contributed by atoms with Crippen LogP contribution in [-0.4, -0.2) is 70.0 Å². The third kappa shape index (κ3) is 55.7. The summed E-state index contributed by atoms with van der Waals surface area (Å²) < 4.78 is 34.2. The van der Waals surface area contributed by atoms with Gasteiger partial charge in [0.25, 0.3) is 7.82 Å². The summed E-state index contributed by atoms with van der Waals surface area (Å²) in [4.78, 5) is 37.8. The Morgan fingerprint density at radius 3 is 1.16 bits per heavy atom. The number of hydrogen-bond acceptors (Lipinski definition) is 8. The van der Waals surface area contributed by atoms with Gasteiger partial charge < -0.3 is 27.9 Å². The number of likely N-dealkylation sites (N-methyl/N-ethyl adjacent to an activating group) is 1. The number of quaternary nitrogens is 1. The van der Waals surface area contributed by atoms with E-state index >= 15 is 0 Å². The predicted molar refractivity (Wildman–Crippen MR) is 291 cm³/mol. The Bertz CT molecular complexity index is 1220. The molecule has 0 rings (SSSR count). The molecule has 2 unspecified atom stereocenters. The molecule has 0 N–H and O–H groups in total. The first-order chi connectivity index (χ1) is 33.5. The van der Waals surface area contributed by atoms with Crippen LogP contribution in [0.3, 0.4) is 0 Å². The normalized spacial score (nSPS) is 13.4. The standard InChI is InChI=1S/C59H114NO8P/c1-6-8-10-12-14-16-18-20-22-24-26-27-28-29-30-31-32-33-34-36-37-39-41-43-45-47-49-51-58(61)65-55-57(56-67-69(63,64)66-54-53-60(3,4)5)68-59(62)52-50-48-46-44-42-40-38-35-25-23-21-19-17-15-13-11-9-7-2/h17,19,23,25,57H,6-16,18,20-22,24,26-56H2,1-5H3/b19-17-,25-23-. The van der Waals surface area contributed by atoms with Crippen LogP contribution in [0.4, 0.5) is 0 Å². The first-order valence-corrected chi connectivity index (χ1v) is 31.0. The minimum Gasteiger partial charge on any atom is -0.756 e. The number of carbonyl (C=O) groups is 2. The van der Waals surface area contributed by atoms with Crippen molar-refractivity contribution >= 4 is 19.8 Å². The number of nitrogens with zero attached hydrogens (tertiary/aromatic N) is 1. The van der Waals surface area contributed by atoms with Gasteiger partial charge in [-0.15, -0.1) is 0 Å². The number of hydrogen-bond donors (Lipinski definition) is 0. The molecule has 10 heteroatoms. The van der Waals surface area contributed by atoms with E-state index in [-0.39, 0.29) is 32.0 Å². The van der Waals surface area contributed by atoms with Crippen LogP contribution in [0, 0.1) is 0 Å². The summed E-state index contributed by atoms with van der Waals surface area (Å²) >= 11 is 0. The lowest BCUT2D eigenvalue weighted by Gasteiger charge is -2.28. The molecular formula is C59H114NO8P. The van der Waals surface area contributed by atoms with Crippen LogP contribution >= 0.6 is 7.82 Å². The maximum Gasteiger partial charge on any atom is 0.306 e. The molecule has 69 heavy (non-hydrogen) atoms. The van der Waals surface area contributed by atoms with Crippen molar-refractivity contribution in [1.82, 2.24) is 0 Å². The minimum atomic E-state index is -4.63. The molecule has 0 heterocycles. The van der Waals surface area contributed by atoms with Gasteiger partial charge in [-0.1, -0.05) is 256 Å². The van der Waals surface area contributed by atoms with Gasteiger partial charge in [-0.25, -0.2) is 0 Å². The first-order valence-electron chi connectivity index (χ1n) is 29.5. The topological polar surface area (TPSA) is 111 Å². The van der Waals surface area contributed by atoms with Gasteiger partial charge in [0.1, 0.15) is 19.8 Å². The predicted octanol–water partition coefficient (Wildman–Crippen LogP) is 17.6. The Morgan fingerprint density at radius 1 is 0.449 bits per heavy atom. The molecule has 0 amide bonds. The second-order valence-electron chi connectivity index (χ2n) is 21.4. The summed E-state index contributed by atoms with van der Waals surface area (Å²) in [5.74, 6) is -0.827.